The van der Waals surface area contributed by atoms with Gasteiger partial charge in [-0.2, -0.15) is 0 Å². The van der Waals surface area contributed by atoms with Gasteiger partial charge in [-0.15, -0.1) is 0 Å². The van der Waals surface area contributed by atoms with Crippen LogP contribution in [-0.2, 0) is 27.7 Å². The van der Waals surface area contributed by atoms with Crippen LogP contribution in [0, 0.1) is 0 Å². The highest BCUT2D eigenvalue weighted by Gasteiger charge is 2.17. The smallest absolute Gasteiger partial charge is 0.251 e. The van der Waals surface area contributed by atoms with Crippen molar-refractivity contribution >= 4 is 21.7 Å². The van der Waals surface area contributed by atoms with Crippen LogP contribution in [0.3, 0.4) is 0 Å². The van der Waals surface area contributed by atoms with Crippen LogP contribution in [0.2, 0.25) is 0 Å². The summed E-state index contributed by atoms with van der Waals surface area (Å²) in [5, 5.41) is 2.57. The predicted octanol–water partition coefficient (Wildman–Crippen LogP) is 0.932. The molecule has 0 aliphatic carbocycles. The quantitative estimate of drug-likeness (QED) is 0.571. The van der Waals surface area contributed by atoms with Crippen molar-refractivity contribution in [1.82, 2.24) is 10.2 Å². The average Bonchev–Trinajstić information content (AvgIpc) is 3.18. The number of carbonyl (C=O) groups excluding carboxylic acids is 2. The summed E-state index contributed by atoms with van der Waals surface area (Å²) in [4.78, 5) is 24.4. The first kappa shape index (κ1) is 21.6. The standard InChI is InChI=1S/C19H25N3O5S/c1-21-19(24)16-6-4-15(5-7-16)13-22(14-17-3-2-10-27-17)9-12-28(25,26)11-8-18(20)23/h2-7,10H,8-9,11-14H2,1H3,(H2,20,23)(H,21,24). The van der Waals surface area contributed by atoms with Gasteiger partial charge in [-0.25, -0.2) is 8.42 Å². The zero-order chi connectivity index (χ0) is 20.6. The third-order valence-corrected chi connectivity index (χ3v) is 5.82. The molecular weight excluding hydrogens is 382 g/mol. The largest absolute Gasteiger partial charge is 0.468 e. The second-order valence-corrected chi connectivity index (χ2v) is 8.74. The number of furan rings is 1. The van der Waals surface area contributed by atoms with Crippen LogP contribution >= 0.6 is 0 Å². The summed E-state index contributed by atoms with van der Waals surface area (Å²) < 4.78 is 29.7. The van der Waals surface area contributed by atoms with Crippen LogP contribution in [0.25, 0.3) is 0 Å². The minimum absolute atomic E-state index is 0.0860. The van der Waals surface area contributed by atoms with E-state index in [9.17, 15) is 18.0 Å². The van der Waals surface area contributed by atoms with E-state index in [1.54, 1.807) is 31.5 Å². The van der Waals surface area contributed by atoms with Crippen LogP contribution < -0.4 is 11.1 Å². The second-order valence-electron chi connectivity index (χ2n) is 6.43. The van der Waals surface area contributed by atoms with Gasteiger partial charge in [0.05, 0.1) is 24.3 Å². The lowest BCUT2D eigenvalue weighted by atomic mass is 10.1. The van der Waals surface area contributed by atoms with E-state index in [0.29, 0.717) is 18.7 Å². The lowest BCUT2D eigenvalue weighted by molar-refractivity contribution is -0.117. The molecule has 9 heteroatoms. The topological polar surface area (TPSA) is 123 Å². The van der Waals surface area contributed by atoms with Gasteiger partial charge in [0.25, 0.3) is 5.91 Å². The van der Waals surface area contributed by atoms with Gasteiger partial charge in [-0.05, 0) is 29.8 Å². The maximum Gasteiger partial charge on any atom is 0.251 e. The number of nitrogens with one attached hydrogen (secondary N) is 1. The first-order valence-corrected chi connectivity index (χ1v) is 10.7. The maximum atomic E-state index is 12.1. The summed E-state index contributed by atoms with van der Waals surface area (Å²) in [6, 6.07) is 10.7. The Morgan fingerprint density at radius 1 is 1.11 bits per heavy atom. The van der Waals surface area contributed by atoms with Crippen molar-refractivity contribution in [1.29, 1.82) is 0 Å². The molecule has 3 N–H and O–H groups in total. The maximum absolute atomic E-state index is 12.1. The van der Waals surface area contributed by atoms with E-state index in [0.717, 1.165) is 11.3 Å². The minimum Gasteiger partial charge on any atom is -0.468 e. The van der Waals surface area contributed by atoms with Crippen molar-refractivity contribution in [3.05, 3.63) is 59.5 Å². The van der Waals surface area contributed by atoms with E-state index >= 15 is 0 Å². The molecule has 2 aromatic rings. The highest BCUT2D eigenvalue weighted by molar-refractivity contribution is 7.91. The zero-order valence-electron chi connectivity index (χ0n) is 15.8. The van der Waals surface area contributed by atoms with Crippen molar-refractivity contribution < 1.29 is 22.4 Å². The molecule has 0 aliphatic heterocycles. The molecule has 0 aliphatic rings. The molecule has 1 heterocycles. The summed E-state index contributed by atoms with van der Waals surface area (Å²) in [5.74, 6) is -0.419. The number of rotatable bonds is 11. The average molecular weight is 407 g/mol. The molecule has 0 unspecified atom stereocenters. The molecule has 2 rings (SSSR count). The van der Waals surface area contributed by atoms with Gasteiger partial charge in [0.2, 0.25) is 5.91 Å². The van der Waals surface area contributed by atoms with Gasteiger partial charge in [0, 0.05) is 32.1 Å². The van der Waals surface area contributed by atoms with E-state index < -0.39 is 15.7 Å². The van der Waals surface area contributed by atoms with Crippen molar-refractivity contribution in [3.8, 4) is 0 Å². The molecule has 152 valence electrons. The molecule has 0 saturated heterocycles. The van der Waals surface area contributed by atoms with Crippen LogP contribution in [0.5, 0.6) is 0 Å². The molecular formula is C19H25N3O5S. The number of primary amides is 1. The van der Waals surface area contributed by atoms with E-state index in [1.165, 1.54) is 0 Å². The van der Waals surface area contributed by atoms with Crippen LogP contribution in [-0.4, -0.2) is 50.2 Å². The third kappa shape index (κ3) is 7.16. The number of nitrogens with zero attached hydrogens (tertiary/aromatic N) is 1. The lowest BCUT2D eigenvalue weighted by Gasteiger charge is -2.21. The number of nitrogens with two attached hydrogens (primary N) is 1. The highest BCUT2D eigenvalue weighted by Crippen LogP contribution is 2.12. The fraction of sp³-hybridized carbons (Fsp3) is 0.368. The molecule has 8 nitrogen and oxygen atoms in total. The monoisotopic (exact) mass is 407 g/mol. The Morgan fingerprint density at radius 2 is 1.82 bits per heavy atom. The van der Waals surface area contributed by atoms with Crippen molar-refractivity contribution in [3.63, 3.8) is 0 Å². The Hall–Kier alpha value is -2.65. The molecule has 1 aromatic carbocycles. The summed E-state index contributed by atoms with van der Waals surface area (Å²) in [6.07, 6.45) is 1.39. The molecule has 0 bridgehead atoms. The summed E-state index contributed by atoms with van der Waals surface area (Å²) in [7, 11) is -1.82. The third-order valence-electron chi connectivity index (χ3n) is 4.19. The Morgan fingerprint density at radius 3 is 2.39 bits per heavy atom. The fourth-order valence-electron chi connectivity index (χ4n) is 2.63. The van der Waals surface area contributed by atoms with Gasteiger partial charge in [-0.3, -0.25) is 14.5 Å². The van der Waals surface area contributed by atoms with Gasteiger partial charge in [-0.1, -0.05) is 12.1 Å². The van der Waals surface area contributed by atoms with Crippen molar-refractivity contribution in [2.45, 2.75) is 19.5 Å². The summed E-state index contributed by atoms with van der Waals surface area (Å²) in [5.41, 5.74) is 6.53. The SMILES string of the molecule is CNC(=O)c1ccc(CN(CCS(=O)(=O)CCC(N)=O)Cc2ccco2)cc1. The van der Waals surface area contributed by atoms with Crippen molar-refractivity contribution in [2.24, 2.45) is 5.73 Å². The minimum atomic E-state index is -3.39. The first-order chi connectivity index (χ1) is 13.3. The van der Waals surface area contributed by atoms with E-state index in [-0.39, 0.29) is 30.4 Å². The Labute approximate surface area is 164 Å². The number of carbonyl (C=O) groups is 2. The van der Waals surface area contributed by atoms with Gasteiger partial charge < -0.3 is 15.5 Å². The molecule has 1 aromatic heterocycles. The second kappa shape index (κ2) is 10.0. The number of hydrogen-bond acceptors (Lipinski definition) is 6. The Bertz CT molecular complexity index is 877. The van der Waals surface area contributed by atoms with E-state index in [1.807, 2.05) is 23.1 Å². The molecule has 0 spiro atoms. The predicted molar refractivity (Wildman–Crippen MR) is 105 cm³/mol. The van der Waals surface area contributed by atoms with Crippen LogP contribution in [0.4, 0.5) is 0 Å². The Kier molecular flexibility index (Phi) is 7.77. The number of hydrogen-bond donors (Lipinski definition) is 2. The van der Waals surface area contributed by atoms with E-state index in [2.05, 4.69) is 5.32 Å². The van der Waals surface area contributed by atoms with Gasteiger partial charge in [0.1, 0.15) is 5.76 Å². The van der Waals surface area contributed by atoms with E-state index in [4.69, 9.17) is 10.2 Å². The molecule has 2 amide bonds. The molecule has 0 radical (unpaired) electrons. The molecule has 0 saturated carbocycles. The normalized spacial score (nSPS) is 11.5. The first-order valence-electron chi connectivity index (χ1n) is 8.83. The van der Waals surface area contributed by atoms with Gasteiger partial charge >= 0.3 is 0 Å². The Balaban J connectivity index is 2.04. The number of amides is 2. The molecule has 28 heavy (non-hydrogen) atoms. The van der Waals surface area contributed by atoms with Gasteiger partial charge in [0.15, 0.2) is 9.84 Å². The number of benzene rings is 1. The van der Waals surface area contributed by atoms with Crippen LogP contribution in [0.15, 0.2) is 47.1 Å². The fourth-order valence-corrected chi connectivity index (χ4v) is 3.88. The van der Waals surface area contributed by atoms with Crippen molar-refractivity contribution in [2.75, 3.05) is 25.1 Å². The highest BCUT2D eigenvalue weighted by atomic mass is 32.2. The number of sulfone groups is 1. The zero-order valence-corrected chi connectivity index (χ0v) is 16.6. The molecule has 0 atom stereocenters. The van der Waals surface area contributed by atoms with Crippen LogP contribution in [0.1, 0.15) is 28.1 Å². The summed E-state index contributed by atoms with van der Waals surface area (Å²) in [6.45, 7) is 1.20. The summed E-state index contributed by atoms with van der Waals surface area (Å²) >= 11 is 0. The lowest BCUT2D eigenvalue weighted by Crippen LogP contribution is -2.30. The molecule has 0 fully saturated rings.